The molecule has 0 unspecified atom stereocenters. The number of fused-ring (bicyclic) bond motifs is 2. The fraction of sp³-hybridized carbons (Fsp3) is 0.526. The highest BCUT2D eigenvalue weighted by Crippen LogP contribution is 2.48. The lowest BCUT2D eigenvalue weighted by Crippen LogP contribution is -2.46. The summed E-state index contributed by atoms with van der Waals surface area (Å²) in [5.41, 5.74) is 0.584. The first-order valence-electron chi connectivity index (χ1n) is 9.03. The van der Waals surface area contributed by atoms with E-state index in [-0.39, 0.29) is 17.9 Å². The van der Waals surface area contributed by atoms with Crippen molar-refractivity contribution in [3.63, 3.8) is 0 Å². The maximum absolute atomic E-state index is 12.5. The number of carbonyl (C=O) groups is 2. The number of nitrogens with zero attached hydrogens (tertiary/aromatic N) is 2. The highest BCUT2D eigenvalue weighted by molar-refractivity contribution is 6.07. The molecule has 4 rings (SSSR count). The Balaban J connectivity index is 1.35. The Morgan fingerprint density at radius 2 is 2.16 bits per heavy atom. The van der Waals surface area contributed by atoms with Crippen molar-refractivity contribution in [2.45, 2.75) is 31.7 Å². The highest BCUT2D eigenvalue weighted by atomic mass is 16.2. The van der Waals surface area contributed by atoms with Crippen LogP contribution in [-0.2, 0) is 11.2 Å². The largest absolute Gasteiger partial charge is 0.338 e. The molecule has 2 N–H and O–H groups in total. The van der Waals surface area contributed by atoms with Crippen molar-refractivity contribution in [1.82, 2.24) is 15.5 Å². The van der Waals surface area contributed by atoms with Gasteiger partial charge in [0.1, 0.15) is 11.4 Å². The number of rotatable bonds is 3. The van der Waals surface area contributed by atoms with Gasteiger partial charge in [0.2, 0.25) is 0 Å². The van der Waals surface area contributed by atoms with Gasteiger partial charge in [0.15, 0.2) is 0 Å². The fourth-order valence-corrected chi connectivity index (χ4v) is 4.60. The number of benzene rings is 1. The first-order valence-corrected chi connectivity index (χ1v) is 9.03. The molecule has 25 heavy (non-hydrogen) atoms. The van der Waals surface area contributed by atoms with E-state index in [4.69, 9.17) is 0 Å². The summed E-state index contributed by atoms with van der Waals surface area (Å²) in [6.07, 6.45) is 2.58. The van der Waals surface area contributed by atoms with Crippen LogP contribution in [0.15, 0.2) is 35.3 Å². The summed E-state index contributed by atoms with van der Waals surface area (Å²) < 4.78 is 0. The number of amidine groups is 1. The smallest absolute Gasteiger partial charge is 0.317 e. The summed E-state index contributed by atoms with van der Waals surface area (Å²) >= 11 is 0. The molecule has 132 valence electrons. The standard InChI is InChI=1S/C19H24N4O2/c1-13-21-17(24)19(22-13)9-7-15-11-23(12-16(15)19)18(25)20-10-8-14-5-3-2-4-6-14/h2-6,15-16H,7-12H2,1H3,(H,20,25)(H,21,22,24)/t15-,16+,19-/m1/s1. The molecule has 1 saturated carbocycles. The zero-order valence-electron chi connectivity index (χ0n) is 14.5. The average Bonchev–Trinajstić information content (AvgIpc) is 3.24. The zero-order valence-corrected chi connectivity index (χ0v) is 14.5. The predicted molar refractivity (Wildman–Crippen MR) is 95.3 cm³/mol. The molecule has 0 radical (unpaired) electrons. The lowest BCUT2D eigenvalue weighted by molar-refractivity contribution is -0.124. The predicted octanol–water partition coefficient (Wildman–Crippen LogP) is 1.57. The molecule has 1 aromatic carbocycles. The van der Waals surface area contributed by atoms with Gasteiger partial charge < -0.3 is 15.5 Å². The van der Waals surface area contributed by atoms with Crippen LogP contribution in [0.25, 0.3) is 0 Å². The van der Waals surface area contributed by atoms with Crippen molar-refractivity contribution in [3.8, 4) is 0 Å². The summed E-state index contributed by atoms with van der Waals surface area (Å²) in [7, 11) is 0. The van der Waals surface area contributed by atoms with Crippen LogP contribution in [0.3, 0.4) is 0 Å². The van der Waals surface area contributed by atoms with Crippen molar-refractivity contribution in [2.75, 3.05) is 19.6 Å². The molecular formula is C19H24N4O2. The Labute approximate surface area is 147 Å². The fourth-order valence-electron chi connectivity index (χ4n) is 4.60. The quantitative estimate of drug-likeness (QED) is 0.876. The zero-order chi connectivity index (χ0) is 17.4. The second-order valence-corrected chi connectivity index (χ2v) is 7.35. The molecule has 0 bridgehead atoms. The topological polar surface area (TPSA) is 73.8 Å². The summed E-state index contributed by atoms with van der Waals surface area (Å²) in [6.45, 7) is 3.80. The van der Waals surface area contributed by atoms with Crippen LogP contribution < -0.4 is 10.6 Å². The van der Waals surface area contributed by atoms with E-state index < -0.39 is 5.54 Å². The maximum Gasteiger partial charge on any atom is 0.317 e. The van der Waals surface area contributed by atoms with E-state index in [2.05, 4.69) is 27.8 Å². The van der Waals surface area contributed by atoms with Gasteiger partial charge in [-0.25, -0.2) is 4.79 Å². The highest BCUT2D eigenvalue weighted by Gasteiger charge is 2.59. The molecule has 3 amide bonds. The summed E-state index contributed by atoms with van der Waals surface area (Å²) in [5, 5.41) is 5.86. The van der Waals surface area contributed by atoms with Crippen LogP contribution in [0.1, 0.15) is 25.3 Å². The summed E-state index contributed by atoms with van der Waals surface area (Å²) in [6, 6.07) is 10.1. The Bertz CT molecular complexity index is 717. The molecule has 6 heteroatoms. The second kappa shape index (κ2) is 6.17. The lowest BCUT2D eigenvalue weighted by atomic mass is 9.85. The first-order chi connectivity index (χ1) is 12.1. The van der Waals surface area contributed by atoms with E-state index >= 15 is 0 Å². The number of urea groups is 1. The minimum absolute atomic E-state index is 0.0174. The van der Waals surface area contributed by atoms with Crippen LogP contribution >= 0.6 is 0 Å². The van der Waals surface area contributed by atoms with E-state index in [0.717, 1.165) is 25.8 Å². The minimum Gasteiger partial charge on any atom is -0.338 e. The van der Waals surface area contributed by atoms with Gasteiger partial charge >= 0.3 is 6.03 Å². The first kappa shape index (κ1) is 16.1. The van der Waals surface area contributed by atoms with Crippen LogP contribution in [0.5, 0.6) is 0 Å². The molecule has 2 aliphatic heterocycles. The molecule has 2 fully saturated rings. The van der Waals surface area contributed by atoms with Crippen LogP contribution in [-0.4, -0.2) is 47.8 Å². The van der Waals surface area contributed by atoms with Gasteiger partial charge in [0, 0.05) is 25.6 Å². The number of hydrogen-bond acceptors (Lipinski definition) is 3. The molecule has 1 spiro atoms. The van der Waals surface area contributed by atoms with Gasteiger partial charge in [-0.1, -0.05) is 30.3 Å². The second-order valence-electron chi connectivity index (χ2n) is 7.35. The van der Waals surface area contributed by atoms with Crippen molar-refractivity contribution in [2.24, 2.45) is 16.8 Å². The maximum atomic E-state index is 12.5. The van der Waals surface area contributed by atoms with Gasteiger partial charge in [-0.2, -0.15) is 0 Å². The molecule has 0 aromatic heterocycles. The summed E-state index contributed by atoms with van der Waals surface area (Å²) in [5.74, 6) is 1.24. The molecule has 3 aliphatic rings. The molecule has 1 saturated heterocycles. The molecule has 2 heterocycles. The van der Waals surface area contributed by atoms with E-state index in [0.29, 0.717) is 24.8 Å². The van der Waals surface area contributed by atoms with Crippen LogP contribution in [0.2, 0.25) is 0 Å². The number of hydrogen-bond donors (Lipinski definition) is 2. The Hall–Kier alpha value is -2.37. The normalized spacial score (nSPS) is 30.4. The average molecular weight is 340 g/mol. The number of likely N-dealkylation sites (tertiary alicyclic amines) is 1. The van der Waals surface area contributed by atoms with E-state index in [1.807, 2.05) is 30.0 Å². The van der Waals surface area contributed by atoms with E-state index in [1.165, 1.54) is 5.56 Å². The van der Waals surface area contributed by atoms with Crippen molar-refractivity contribution in [1.29, 1.82) is 0 Å². The third kappa shape index (κ3) is 2.79. The van der Waals surface area contributed by atoms with Crippen LogP contribution in [0.4, 0.5) is 4.79 Å². The van der Waals surface area contributed by atoms with Gasteiger partial charge in [-0.3, -0.25) is 9.79 Å². The third-order valence-electron chi connectivity index (χ3n) is 5.83. The lowest BCUT2D eigenvalue weighted by Gasteiger charge is -2.25. The summed E-state index contributed by atoms with van der Waals surface area (Å²) in [4.78, 5) is 31.4. The SMILES string of the molecule is CC1=N[C@@]2(CC[C@@H]3CN(C(=O)NCCc4ccccc4)C[C@@H]32)C(=O)N1. The van der Waals surface area contributed by atoms with Crippen molar-refractivity contribution < 1.29 is 9.59 Å². The molecule has 3 atom stereocenters. The monoisotopic (exact) mass is 340 g/mol. The Kier molecular flexibility index (Phi) is 3.98. The van der Waals surface area contributed by atoms with Gasteiger partial charge in [0.25, 0.3) is 5.91 Å². The minimum atomic E-state index is -0.631. The van der Waals surface area contributed by atoms with Crippen molar-refractivity contribution in [3.05, 3.63) is 35.9 Å². The van der Waals surface area contributed by atoms with Crippen LogP contribution in [0, 0.1) is 11.8 Å². The van der Waals surface area contributed by atoms with Gasteiger partial charge in [-0.05, 0) is 37.7 Å². The van der Waals surface area contributed by atoms with Gasteiger partial charge in [-0.15, -0.1) is 0 Å². The number of amides is 3. The molecule has 1 aliphatic carbocycles. The molecule has 1 aromatic rings. The molecular weight excluding hydrogens is 316 g/mol. The van der Waals surface area contributed by atoms with E-state index in [1.54, 1.807) is 0 Å². The van der Waals surface area contributed by atoms with Crippen molar-refractivity contribution >= 4 is 17.8 Å². The Morgan fingerprint density at radius 1 is 1.36 bits per heavy atom. The number of aliphatic imine (C=N–C) groups is 1. The van der Waals surface area contributed by atoms with E-state index in [9.17, 15) is 9.59 Å². The number of nitrogens with one attached hydrogen (secondary N) is 2. The Morgan fingerprint density at radius 3 is 2.88 bits per heavy atom. The molecule has 6 nitrogen and oxygen atoms in total. The number of carbonyl (C=O) groups excluding carboxylic acids is 2. The third-order valence-corrected chi connectivity index (χ3v) is 5.83. The van der Waals surface area contributed by atoms with Gasteiger partial charge in [0.05, 0.1) is 0 Å².